The zero-order valence-electron chi connectivity index (χ0n) is 10.8. The van der Waals surface area contributed by atoms with Gasteiger partial charge in [0.05, 0.1) is 19.4 Å². The minimum atomic E-state index is -0.434. The van der Waals surface area contributed by atoms with E-state index in [-0.39, 0.29) is 5.91 Å². The molecule has 1 amide bonds. The molecule has 8 heteroatoms. The standard InChI is InChI=1S/C11H16ClN5O2/c1-13-10(18)8-6-19-4-3-17(8)9-7(12)5-15-11(14-2)16-9/h5,8H,3-4,6H2,1-2H3,(H,13,18)(H,14,15,16). The first-order chi connectivity index (χ1) is 9.17. The van der Waals surface area contributed by atoms with E-state index in [4.69, 9.17) is 16.3 Å². The summed E-state index contributed by atoms with van der Waals surface area (Å²) in [7, 11) is 3.32. The number of rotatable bonds is 3. The summed E-state index contributed by atoms with van der Waals surface area (Å²) in [4.78, 5) is 22.1. The van der Waals surface area contributed by atoms with Gasteiger partial charge >= 0.3 is 0 Å². The lowest BCUT2D eigenvalue weighted by molar-refractivity contribution is -0.124. The molecular formula is C11H16ClN5O2. The number of aromatic nitrogens is 2. The third kappa shape index (κ3) is 2.87. The second kappa shape index (κ2) is 6.03. The van der Waals surface area contributed by atoms with Gasteiger partial charge < -0.3 is 20.3 Å². The quantitative estimate of drug-likeness (QED) is 0.821. The van der Waals surface area contributed by atoms with Gasteiger partial charge in [-0.05, 0) is 0 Å². The van der Waals surface area contributed by atoms with Gasteiger partial charge in [0.15, 0.2) is 5.82 Å². The lowest BCUT2D eigenvalue weighted by Gasteiger charge is -2.35. The maximum Gasteiger partial charge on any atom is 0.244 e. The van der Waals surface area contributed by atoms with Crippen molar-refractivity contribution in [3.8, 4) is 0 Å². The van der Waals surface area contributed by atoms with E-state index in [1.165, 1.54) is 6.20 Å². The Bertz CT molecular complexity index is 470. The Kier molecular flexibility index (Phi) is 4.39. The lowest BCUT2D eigenvalue weighted by Crippen LogP contribution is -2.53. The van der Waals surface area contributed by atoms with E-state index >= 15 is 0 Å². The van der Waals surface area contributed by atoms with Crippen molar-refractivity contribution >= 4 is 29.3 Å². The monoisotopic (exact) mass is 285 g/mol. The summed E-state index contributed by atoms with van der Waals surface area (Å²) in [5, 5.41) is 5.88. The average molecular weight is 286 g/mol. The number of likely N-dealkylation sites (N-methyl/N-ethyl adjacent to an activating group) is 1. The summed E-state index contributed by atoms with van der Waals surface area (Å²) in [5.41, 5.74) is 0. The number of ether oxygens (including phenoxy) is 1. The van der Waals surface area contributed by atoms with Crippen LogP contribution < -0.4 is 15.5 Å². The summed E-state index contributed by atoms with van der Waals surface area (Å²) in [6.45, 7) is 1.40. The van der Waals surface area contributed by atoms with E-state index in [0.717, 1.165) is 0 Å². The van der Waals surface area contributed by atoms with Crippen LogP contribution in [0.15, 0.2) is 6.20 Å². The van der Waals surface area contributed by atoms with Crippen LogP contribution in [-0.2, 0) is 9.53 Å². The predicted octanol–water partition coefficient (Wildman–Crippen LogP) is 0.123. The van der Waals surface area contributed by atoms with Crippen molar-refractivity contribution in [2.24, 2.45) is 0 Å². The normalized spacial score (nSPS) is 19.1. The number of hydrogen-bond donors (Lipinski definition) is 2. The van der Waals surface area contributed by atoms with Gasteiger partial charge in [-0.2, -0.15) is 4.98 Å². The Morgan fingerprint density at radius 3 is 3.05 bits per heavy atom. The van der Waals surface area contributed by atoms with Crippen molar-refractivity contribution in [3.05, 3.63) is 11.2 Å². The van der Waals surface area contributed by atoms with Crippen molar-refractivity contribution in [1.29, 1.82) is 0 Å². The molecule has 1 aromatic heterocycles. The Balaban J connectivity index is 2.34. The lowest BCUT2D eigenvalue weighted by atomic mass is 10.2. The van der Waals surface area contributed by atoms with Crippen LogP contribution in [0.25, 0.3) is 0 Å². The number of carbonyl (C=O) groups is 1. The number of carbonyl (C=O) groups excluding carboxylic acids is 1. The van der Waals surface area contributed by atoms with Gasteiger partial charge in [-0.25, -0.2) is 4.98 Å². The largest absolute Gasteiger partial charge is 0.377 e. The summed E-state index contributed by atoms with van der Waals surface area (Å²) < 4.78 is 5.35. The zero-order valence-corrected chi connectivity index (χ0v) is 11.6. The van der Waals surface area contributed by atoms with Crippen LogP contribution >= 0.6 is 11.6 Å². The van der Waals surface area contributed by atoms with Crippen molar-refractivity contribution in [2.75, 3.05) is 44.1 Å². The number of nitrogens with one attached hydrogen (secondary N) is 2. The highest BCUT2D eigenvalue weighted by molar-refractivity contribution is 6.32. The molecule has 2 heterocycles. The van der Waals surface area contributed by atoms with E-state index < -0.39 is 6.04 Å². The highest BCUT2D eigenvalue weighted by Crippen LogP contribution is 2.26. The van der Waals surface area contributed by atoms with Crippen LogP contribution in [0.4, 0.5) is 11.8 Å². The van der Waals surface area contributed by atoms with E-state index in [1.54, 1.807) is 14.1 Å². The molecule has 2 rings (SSSR count). The van der Waals surface area contributed by atoms with Gasteiger partial charge in [-0.1, -0.05) is 11.6 Å². The molecule has 1 aromatic rings. The van der Waals surface area contributed by atoms with Gasteiger partial charge in [0.25, 0.3) is 0 Å². The number of anilines is 2. The minimum Gasteiger partial charge on any atom is -0.377 e. The summed E-state index contributed by atoms with van der Waals surface area (Å²) >= 11 is 6.13. The van der Waals surface area contributed by atoms with Crippen molar-refractivity contribution in [2.45, 2.75) is 6.04 Å². The van der Waals surface area contributed by atoms with E-state index in [1.807, 2.05) is 4.90 Å². The second-order valence-corrected chi connectivity index (χ2v) is 4.42. The van der Waals surface area contributed by atoms with Gasteiger partial charge in [-0.3, -0.25) is 4.79 Å². The van der Waals surface area contributed by atoms with Crippen molar-refractivity contribution in [1.82, 2.24) is 15.3 Å². The molecular weight excluding hydrogens is 270 g/mol. The molecule has 19 heavy (non-hydrogen) atoms. The fourth-order valence-corrected chi connectivity index (χ4v) is 2.12. The van der Waals surface area contributed by atoms with Crippen LogP contribution in [0.1, 0.15) is 0 Å². The van der Waals surface area contributed by atoms with Gasteiger partial charge in [0.2, 0.25) is 11.9 Å². The molecule has 1 unspecified atom stereocenters. The van der Waals surface area contributed by atoms with Crippen LogP contribution in [-0.4, -0.2) is 55.8 Å². The molecule has 1 saturated heterocycles. The summed E-state index contributed by atoms with van der Waals surface area (Å²) in [6, 6.07) is -0.434. The fourth-order valence-electron chi connectivity index (χ4n) is 1.92. The first-order valence-corrected chi connectivity index (χ1v) is 6.31. The topological polar surface area (TPSA) is 79.4 Å². The van der Waals surface area contributed by atoms with Crippen molar-refractivity contribution < 1.29 is 9.53 Å². The summed E-state index contributed by atoms with van der Waals surface area (Å²) in [5.74, 6) is 0.875. The maximum atomic E-state index is 11.9. The first-order valence-electron chi connectivity index (χ1n) is 5.93. The Morgan fingerprint density at radius 2 is 2.37 bits per heavy atom. The van der Waals surface area contributed by atoms with Gasteiger partial charge in [0, 0.05) is 20.6 Å². The molecule has 0 bridgehead atoms. The Labute approximate surface area is 116 Å². The van der Waals surface area contributed by atoms with Gasteiger partial charge in [-0.15, -0.1) is 0 Å². The average Bonchev–Trinajstić information content (AvgIpc) is 2.47. The molecule has 7 nitrogen and oxygen atoms in total. The van der Waals surface area contributed by atoms with Crippen LogP contribution in [0.3, 0.4) is 0 Å². The van der Waals surface area contributed by atoms with E-state index in [2.05, 4.69) is 20.6 Å². The second-order valence-electron chi connectivity index (χ2n) is 4.01. The molecule has 0 radical (unpaired) electrons. The number of nitrogens with zero attached hydrogens (tertiary/aromatic N) is 3. The molecule has 1 atom stereocenters. The number of hydrogen-bond acceptors (Lipinski definition) is 6. The third-order valence-electron chi connectivity index (χ3n) is 2.90. The smallest absolute Gasteiger partial charge is 0.244 e. The number of amides is 1. The van der Waals surface area contributed by atoms with E-state index in [9.17, 15) is 4.79 Å². The van der Waals surface area contributed by atoms with Crippen LogP contribution in [0.2, 0.25) is 5.02 Å². The molecule has 104 valence electrons. The SMILES string of the molecule is CNC(=O)C1COCCN1c1nc(NC)ncc1Cl. The third-order valence-corrected chi connectivity index (χ3v) is 3.17. The molecule has 1 aliphatic heterocycles. The fraction of sp³-hybridized carbons (Fsp3) is 0.545. The zero-order chi connectivity index (χ0) is 13.8. The van der Waals surface area contributed by atoms with Crippen molar-refractivity contribution in [3.63, 3.8) is 0 Å². The van der Waals surface area contributed by atoms with Gasteiger partial charge in [0.1, 0.15) is 11.1 Å². The first kappa shape index (κ1) is 13.8. The minimum absolute atomic E-state index is 0.125. The molecule has 0 saturated carbocycles. The van der Waals surface area contributed by atoms with E-state index in [0.29, 0.717) is 36.5 Å². The number of halogens is 1. The Hall–Kier alpha value is -1.60. The number of morpholine rings is 1. The van der Waals surface area contributed by atoms with Crippen LogP contribution in [0.5, 0.6) is 0 Å². The molecule has 0 spiro atoms. The molecule has 0 aromatic carbocycles. The highest BCUT2D eigenvalue weighted by atomic mass is 35.5. The summed E-state index contributed by atoms with van der Waals surface area (Å²) in [6.07, 6.45) is 1.52. The maximum absolute atomic E-state index is 11.9. The Morgan fingerprint density at radius 1 is 1.58 bits per heavy atom. The highest BCUT2D eigenvalue weighted by Gasteiger charge is 2.31. The molecule has 2 N–H and O–H groups in total. The molecule has 0 aliphatic carbocycles. The molecule has 1 aliphatic rings. The van der Waals surface area contributed by atoms with Crippen LogP contribution in [0, 0.1) is 0 Å². The molecule has 1 fully saturated rings. The predicted molar refractivity (Wildman–Crippen MR) is 72.6 cm³/mol.